The van der Waals surface area contributed by atoms with Crippen molar-refractivity contribution < 1.29 is 32.7 Å². The van der Waals surface area contributed by atoms with E-state index in [4.69, 9.17) is 12.7 Å². The number of carbonyl (C=O) groups is 1. The number of fused-ring (bicyclic) bond motifs is 10. The minimum absolute atomic E-state index is 0. The Bertz CT molecular complexity index is 4460. The number of hydrogen-bond donors (Lipinski definition) is 1. The van der Waals surface area contributed by atoms with Crippen molar-refractivity contribution in [2.75, 3.05) is 0 Å². The quantitative estimate of drug-likeness (QED) is 0.0569. The summed E-state index contributed by atoms with van der Waals surface area (Å²) in [6.45, 7) is 40.0. The summed E-state index contributed by atoms with van der Waals surface area (Å²) >= 11 is 3.75. The fraction of sp³-hybridized carbons (Fsp3) is 0.402. The molecule has 1 N–H and O–H groups in total. The van der Waals surface area contributed by atoms with Gasteiger partial charge in [0.05, 0.1) is 2.74 Å². The van der Waals surface area contributed by atoms with Gasteiger partial charge in [-0.15, -0.1) is 58.6 Å². The first-order chi connectivity index (χ1) is 42.4. The molecule has 4 nitrogen and oxygen atoms in total. The summed E-state index contributed by atoms with van der Waals surface area (Å²) in [7, 11) is 0. The van der Waals surface area contributed by atoms with E-state index < -0.39 is 0 Å². The zero-order valence-corrected chi connectivity index (χ0v) is 60.3. The standard InChI is InChI=1S/C34H34NS.C33H32NS.C15H28O2.Ir/c1-20-11-12-23-22(15-20)16-27-31-30-25(13-14-35-31)24-10-8-9-21(18-33(2,3)4)26(24)17-29(30)36-32(27)28(23)19-34(5,6)7;1-32(2,3)18-21-11-9-13-23-24-14-15-34-30-26-16-20-10-7-8-12-22(20)27(19-33(4,5)6)31(26)35-28(29(24)30)17-25(21)23;1-6-12(7-2)13(16)11-14(17)15(8-3,9-4)10-5;/h8-15,17H,18-19H2,1-7H3;7-15,17H,18-19H2,1-6H3;11-12,17H,6-10H2,1-5H3;/q2*-1;;/b;;14-11-;/i14D;15D;;. The number of rotatable bonds is 12. The minimum atomic E-state index is -0.207. The van der Waals surface area contributed by atoms with E-state index in [9.17, 15) is 9.90 Å². The number of aliphatic hydroxyl groups is 1. The number of carbonyl (C=O) groups excluding carboxylic acids is 1. The van der Waals surface area contributed by atoms with Gasteiger partial charge in [-0.3, -0.25) is 14.8 Å². The van der Waals surface area contributed by atoms with E-state index in [1.807, 2.05) is 49.5 Å². The van der Waals surface area contributed by atoms with Crippen molar-refractivity contribution in [3.8, 4) is 22.5 Å². The molecule has 8 aromatic carbocycles. The molecule has 467 valence electrons. The third kappa shape index (κ3) is 14.2. The Morgan fingerprint density at radius 1 is 0.528 bits per heavy atom. The van der Waals surface area contributed by atoms with E-state index in [0.717, 1.165) is 107 Å². The first-order valence-corrected chi connectivity index (χ1v) is 34.0. The molecule has 2 aromatic heterocycles. The third-order valence-electron chi connectivity index (χ3n) is 18.1. The molecule has 0 amide bonds. The van der Waals surface area contributed by atoms with Gasteiger partial charge in [-0.2, -0.15) is 0 Å². The first-order valence-electron chi connectivity index (χ1n) is 33.4. The second-order valence-corrected chi connectivity index (χ2v) is 32.1. The van der Waals surface area contributed by atoms with E-state index in [1.54, 1.807) is 0 Å². The maximum atomic E-state index is 12.0. The average molecular weight is 1400 g/mol. The zero-order valence-electron chi connectivity index (χ0n) is 58.2. The smallest absolute Gasteiger partial charge is 0.162 e. The van der Waals surface area contributed by atoms with Crippen LogP contribution in [0.15, 0.2) is 147 Å². The molecule has 12 rings (SSSR count). The van der Waals surface area contributed by atoms with Gasteiger partial charge in [-0.25, -0.2) is 0 Å². The van der Waals surface area contributed by atoms with Crippen LogP contribution in [0.25, 0.3) is 87.1 Å². The molecule has 0 atom stereocenters. The molecule has 0 fully saturated rings. The molecule has 0 saturated carbocycles. The summed E-state index contributed by atoms with van der Waals surface area (Å²) < 4.78 is 17.4. The zero-order chi connectivity index (χ0) is 65.2. The Hall–Kier alpha value is -5.82. The van der Waals surface area contributed by atoms with Crippen molar-refractivity contribution >= 4 is 93.9 Å². The minimum Gasteiger partial charge on any atom is -0.512 e. The third-order valence-corrected chi connectivity index (χ3v) is 20.5. The van der Waals surface area contributed by atoms with Gasteiger partial charge in [-0.1, -0.05) is 223 Å². The summed E-state index contributed by atoms with van der Waals surface area (Å²) in [6, 6.07) is 44.8. The number of aliphatic hydroxyl groups excluding tert-OH is 1. The van der Waals surface area contributed by atoms with Gasteiger partial charge in [0.1, 0.15) is 5.76 Å². The fourth-order valence-electron chi connectivity index (χ4n) is 13.6. The summed E-state index contributed by atoms with van der Waals surface area (Å²) in [5.74, 6) is 0.412. The van der Waals surface area contributed by atoms with Crippen molar-refractivity contribution in [2.24, 2.45) is 33.0 Å². The van der Waals surface area contributed by atoms with Crippen LogP contribution in [0.5, 0.6) is 0 Å². The Morgan fingerprint density at radius 3 is 1.39 bits per heavy atom. The summed E-state index contributed by atoms with van der Waals surface area (Å²) in [6.07, 6.45) is 10.4. The molecule has 0 aliphatic carbocycles. The molecule has 7 heteroatoms. The van der Waals surface area contributed by atoms with Crippen LogP contribution in [0.4, 0.5) is 0 Å². The number of pyridine rings is 2. The van der Waals surface area contributed by atoms with Crippen molar-refractivity contribution in [3.63, 3.8) is 0 Å². The second-order valence-electron chi connectivity index (χ2n) is 30.0. The molecule has 0 unspecified atom stereocenters. The van der Waals surface area contributed by atoms with Crippen LogP contribution in [0.3, 0.4) is 0 Å². The maximum absolute atomic E-state index is 12.0. The molecule has 2 aliphatic rings. The van der Waals surface area contributed by atoms with E-state index >= 15 is 0 Å². The van der Waals surface area contributed by atoms with Crippen LogP contribution in [-0.2, 0) is 50.6 Å². The van der Waals surface area contributed by atoms with Crippen molar-refractivity contribution in [2.45, 2.75) is 202 Å². The molecular formula is C82H94IrN2O2S2-2. The van der Waals surface area contributed by atoms with E-state index in [0.29, 0.717) is 12.3 Å². The number of ketones is 1. The number of nitrogens with zero attached hydrogens (tertiary/aromatic N) is 2. The van der Waals surface area contributed by atoms with Crippen molar-refractivity contribution in [1.29, 1.82) is 0 Å². The topological polar surface area (TPSA) is 63.1 Å². The normalized spacial score (nSPS) is 13.6. The molecule has 0 saturated heterocycles. The van der Waals surface area contributed by atoms with Crippen LogP contribution >= 0.6 is 23.5 Å². The Kier molecular flexibility index (Phi) is 19.2. The molecule has 0 bridgehead atoms. The van der Waals surface area contributed by atoms with Crippen LogP contribution in [0.1, 0.15) is 180 Å². The van der Waals surface area contributed by atoms with Gasteiger partial charge in [-0.05, 0) is 175 Å². The molecule has 89 heavy (non-hydrogen) atoms. The van der Waals surface area contributed by atoms with Crippen molar-refractivity contribution in [3.05, 3.63) is 167 Å². The summed E-state index contributed by atoms with van der Waals surface area (Å²) in [5.41, 5.74) is 11.1. The van der Waals surface area contributed by atoms with Crippen LogP contribution in [0, 0.1) is 52.0 Å². The van der Waals surface area contributed by atoms with Crippen LogP contribution < -0.4 is 0 Å². The van der Waals surface area contributed by atoms with Gasteiger partial charge >= 0.3 is 0 Å². The first kappa shape index (κ1) is 64.7. The summed E-state index contributed by atoms with van der Waals surface area (Å²) in [4.78, 5) is 26.6. The molecule has 0 spiro atoms. The largest absolute Gasteiger partial charge is 0.512 e. The molecule has 10 aromatic rings. The second kappa shape index (κ2) is 26.4. The van der Waals surface area contributed by atoms with E-state index in [2.05, 4.69) is 214 Å². The Balaban J connectivity index is 0.000000172. The molecular weight excluding hydrogens is 1300 g/mol. The predicted octanol–water partition coefficient (Wildman–Crippen LogP) is 24.3. The molecule has 4 heterocycles. The van der Waals surface area contributed by atoms with E-state index in [-0.39, 0.29) is 64.6 Å². The SMILES string of the molecule is CCC(CC)C(=O)/C=C(\O)C(CC)(CC)CC.[2H]c1cc2c3c(cc4c(CC(C)(C)C)cccc42)Sc2c([c-]c4cc(C)ccc4c2CC(C)(C)C)-c3n1.[2H]c1cc2c3c(cc4c(CC(C)(C)C)cccc42)Sc2c([c-]c4ccccc4c2CC(C)(C)C)-c3n1.[Ir]. The number of aromatic nitrogens is 2. The van der Waals surface area contributed by atoms with Crippen molar-refractivity contribution in [1.82, 2.24) is 9.97 Å². The number of benzene rings is 8. The van der Waals surface area contributed by atoms with Crippen LogP contribution in [-0.4, -0.2) is 20.9 Å². The number of aryl methyl sites for hydroxylation is 1. The van der Waals surface area contributed by atoms with Gasteiger partial charge in [0.25, 0.3) is 0 Å². The average Bonchev–Trinajstić information content (AvgIpc) is 0.723. The van der Waals surface area contributed by atoms with Gasteiger partial charge in [0.2, 0.25) is 0 Å². The van der Waals surface area contributed by atoms with Crippen LogP contribution in [0.2, 0.25) is 0 Å². The maximum Gasteiger partial charge on any atom is 0.162 e. The van der Waals surface area contributed by atoms with Gasteiger partial charge < -0.3 is 5.11 Å². The summed E-state index contributed by atoms with van der Waals surface area (Å²) in [5, 5.41) is 24.6. The number of hydrogen-bond acceptors (Lipinski definition) is 6. The fourth-order valence-corrected chi connectivity index (χ4v) is 16.1. The van der Waals surface area contributed by atoms with Gasteiger partial charge in [0.15, 0.2) is 5.78 Å². The Labute approximate surface area is 557 Å². The van der Waals surface area contributed by atoms with E-state index in [1.165, 1.54) is 91.2 Å². The van der Waals surface area contributed by atoms with Gasteiger partial charge in [0, 0.05) is 71.0 Å². The predicted molar refractivity (Wildman–Crippen MR) is 381 cm³/mol. The molecule has 1 radical (unpaired) electrons. The monoisotopic (exact) mass is 1400 g/mol. The Morgan fingerprint density at radius 2 is 0.955 bits per heavy atom. The molecule has 2 aliphatic heterocycles. The number of allylic oxidation sites excluding steroid dienone is 2.